The SMILES string of the molecule is COc1ccc([C@H]2CN(c3ccccc3)C2=O)cc1. The third-order valence-electron chi connectivity index (χ3n) is 3.52. The molecular weight excluding hydrogens is 238 g/mol. The van der Waals surface area contributed by atoms with Crippen molar-refractivity contribution in [2.24, 2.45) is 0 Å². The summed E-state index contributed by atoms with van der Waals surface area (Å²) in [5, 5.41) is 0. The van der Waals surface area contributed by atoms with Crippen molar-refractivity contribution in [2.75, 3.05) is 18.6 Å². The second-order valence-corrected chi connectivity index (χ2v) is 4.61. The highest BCUT2D eigenvalue weighted by Crippen LogP contribution is 2.33. The molecule has 3 heteroatoms. The molecule has 96 valence electrons. The van der Waals surface area contributed by atoms with Gasteiger partial charge < -0.3 is 9.64 Å². The molecule has 1 aliphatic heterocycles. The summed E-state index contributed by atoms with van der Waals surface area (Å²) in [5.41, 5.74) is 2.02. The topological polar surface area (TPSA) is 29.5 Å². The Bertz CT molecular complexity index is 577. The van der Waals surface area contributed by atoms with E-state index in [1.165, 1.54) is 0 Å². The number of methoxy groups -OCH3 is 1. The van der Waals surface area contributed by atoms with Gasteiger partial charge in [-0.1, -0.05) is 30.3 Å². The lowest BCUT2D eigenvalue weighted by atomic mass is 9.90. The van der Waals surface area contributed by atoms with Crippen LogP contribution < -0.4 is 9.64 Å². The summed E-state index contributed by atoms with van der Waals surface area (Å²) in [6.45, 7) is 0.745. The molecule has 0 aliphatic carbocycles. The summed E-state index contributed by atoms with van der Waals surface area (Å²) in [4.78, 5) is 14.0. The zero-order valence-electron chi connectivity index (χ0n) is 10.7. The third kappa shape index (κ3) is 2.08. The van der Waals surface area contributed by atoms with E-state index in [-0.39, 0.29) is 11.8 Å². The number of benzene rings is 2. The lowest BCUT2D eigenvalue weighted by Gasteiger charge is -2.38. The van der Waals surface area contributed by atoms with Crippen molar-refractivity contribution in [2.45, 2.75) is 5.92 Å². The van der Waals surface area contributed by atoms with E-state index in [0.717, 1.165) is 23.5 Å². The van der Waals surface area contributed by atoms with Crippen molar-refractivity contribution < 1.29 is 9.53 Å². The maximum Gasteiger partial charge on any atom is 0.236 e. The average Bonchev–Trinajstić information content (AvgIpc) is 2.47. The van der Waals surface area contributed by atoms with Crippen molar-refractivity contribution in [3.8, 4) is 5.75 Å². The number of ether oxygens (including phenoxy) is 1. The molecule has 1 atom stereocenters. The number of amides is 1. The van der Waals surface area contributed by atoms with Gasteiger partial charge in [-0.05, 0) is 29.8 Å². The van der Waals surface area contributed by atoms with Gasteiger partial charge in [0.05, 0.1) is 13.0 Å². The van der Waals surface area contributed by atoms with Crippen LogP contribution in [0.25, 0.3) is 0 Å². The number of β-lactam (4-membered cyclic amide) rings is 1. The number of nitrogens with zero attached hydrogens (tertiary/aromatic N) is 1. The first kappa shape index (κ1) is 11.8. The minimum atomic E-state index is -0.0221. The number of hydrogen-bond acceptors (Lipinski definition) is 2. The quantitative estimate of drug-likeness (QED) is 0.787. The van der Waals surface area contributed by atoms with Gasteiger partial charge in [-0.15, -0.1) is 0 Å². The molecule has 1 saturated heterocycles. The van der Waals surface area contributed by atoms with E-state index in [1.54, 1.807) is 7.11 Å². The molecule has 19 heavy (non-hydrogen) atoms. The molecule has 0 unspecified atom stereocenters. The van der Waals surface area contributed by atoms with Gasteiger partial charge in [0.2, 0.25) is 5.91 Å². The maximum absolute atomic E-state index is 12.2. The Morgan fingerprint density at radius 1 is 1.05 bits per heavy atom. The molecule has 2 aromatic rings. The molecule has 0 spiro atoms. The summed E-state index contributed by atoms with van der Waals surface area (Å²) < 4.78 is 5.12. The van der Waals surface area contributed by atoms with E-state index in [9.17, 15) is 4.79 Å². The molecular formula is C16H15NO2. The van der Waals surface area contributed by atoms with Crippen LogP contribution >= 0.6 is 0 Å². The van der Waals surface area contributed by atoms with Gasteiger partial charge in [-0.3, -0.25) is 4.79 Å². The van der Waals surface area contributed by atoms with Gasteiger partial charge in [0, 0.05) is 12.2 Å². The Balaban J connectivity index is 1.74. The van der Waals surface area contributed by atoms with Crippen LogP contribution in [0.3, 0.4) is 0 Å². The Hall–Kier alpha value is -2.29. The zero-order chi connectivity index (χ0) is 13.2. The largest absolute Gasteiger partial charge is 0.497 e. The fraction of sp³-hybridized carbons (Fsp3) is 0.188. The zero-order valence-corrected chi connectivity index (χ0v) is 10.7. The molecule has 0 aromatic heterocycles. The number of carbonyl (C=O) groups is 1. The predicted molar refractivity (Wildman–Crippen MR) is 74.5 cm³/mol. The minimum Gasteiger partial charge on any atom is -0.497 e. The molecule has 0 radical (unpaired) electrons. The van der Waals surface area contributed by atoms with E-state index < -0.39 is 0 Å². The van der Waals surface area contributed by atoms with Crippen LogP contribution in [-0.2, 0) is 4.79 Å². The van der Waals surface area contributed by atoms with Crippen LogP contribution in [0.15, 0.2) is 54.6 Å². The van der Waals surface area contributed by atoms with Crippen molar-refractivity contribution in [1.82, 2.24) is 0 Å². The highest BCUT2D eigenvalue weighted by Gasteiger charge is 2.38. The standard InChI is InChI=1S/C16H15NO2/c1-19-14-9-7-12(8-10-14)15-11-17(16(15)18)13-5-3-2-4-6-13/h2-10,15H,11H2,1H3/t15-/m1/s1. The van der Waals surface area contributed by atoms with Crippen molar-refractivity contribution in [3.05, 3.63) is 60.2 Å². The first-order valence-corrected chi connectivity index (χ1v) is 6.30. The van der Waals surface area contributed by atoms with Crippen molar-refractivity contribution >= 4 is 11.6 Å². The summed E-state index contributed by atoms with van der Waals surface area (Å²) in [6.07, 6.45) is 0. The molecule has 3 rings (SSSR count). The first-order valence-electron chi connectivity index (χ1n) is 6.30. The number of para-hydroxylation sites is 1. The van der Waals surface area contributed by atoms with E-state index in [1.807, 2.05) is 59.5 Å². The lowest BCUT2D eigenvalue weighted by molar-refractivity contribution is -0.124. The highest BCUT2D eigenvalue weighted by atomic mass is 16.5. The highest BCUT2D eigenvalue weighted by molar-refractivity contribution is 6.04. The second-order valence-electron chi connectivity index (χ2n) is 4.61. The molecule has 0 bridgehead atoms. The Morgan fingerprint density at radius 2 is 1.74 bits per heavy atom. The van der Waals surface area contributed by atoms with E-state index in [4.69, 9.17) is 4.74 Å². The fourth-order valence-electron chi connectivity index (χ4n) is 2.35. The molecule has 1 fully saturated rings. The van der Waals surface area contributed by atoms with Crippen molar-refractivity contribution in [3.63, 3.8) is 0 Å². The fourth-order valence-corrected chi connectivity index (χ4v) is 2.35. The first-order chi connectivity index (χ1) is 9.29. The molecule has 1 aliphatic rings. The minimum absolute atomic E-state index is 0.0221. The smallest absolute Gasteiger partial charge is 0.236 e. The van der Waals surface area contributed by atoms with Crippen LogP contribution in [0, 0.1) is 0 Å². The van der Waals surface area contributed by atoms with Gasteiger partial charge in [-0.25, -0.2) is 0 Å². The van der Waals surface area contributed by atoms with Crippen LogP contribution in [0.4, 0.5) is 5.69 Å². The van der Waals surface area contributed by atoms with E-state index in [0.29, 0.717) is 0 Å². The number of anilines is 1. The van der Waals surface area contributed by atoms with Gasteiger partial charge in [0.25, 0.3) is 0 Å². The normalized spacial score (nSPS) is 18.1. The number of hydrogen-bond donors (Lipinski definition) is 0. The van der Waals surface area contributed by atoms with Crippen molar-refractivity contribution in [1.29, 1.82) is 0 Å². The van der Waals surface area contributed by atoms with Crippen LogP contribution in [0.1, 0.15) is 11.5 Å². The lowest BCUT2D eigenvalue weighted by Crippen LogP contribution is -2.50. The molecule has 0 N–H and O–H groups in total. The van der Waals surface area contributed by atoms with Crippen LogP contribution in [0.5, 0.6) is 5.75 Å². The average molecular weight is 253 g/mol. The van der Waals surface area contributed by atoms with E-state index >= 15 is 0 Å². The summed E-state index contributed by atoms with van der Waals surface area (Å²) in [7, 11) is 1.64. The monoisotopic (exact) mass is 253 g/mol. The number of carbonyl (C=O) groups excluding carboxylic acids is 1. The molecule has 1 amide bonds. The second kappa shape index (κ2) is 4.76. The molecule has 2 aromatic carbocycles. The van der Waals surface area contributed by atoms with Gasteiger partial charge in [0.15, 0.2) is 0 Å². The summed E-state index contributed by atoms with van der Waals surface area (Å²) in [5.74, 6) is 0.956. The van der Waals surface area contributed by atoms with Crippen LogP contribution in [0.2, 0.25) is 0 Å². The predicted octanol–water partition coefficient (Wildman–Crippen LogP) is 2.83. The third-order valence-corrected chi connectivity index (χ3v) is 3.52. The molecule has 1 heterocycles. The Morgan fingerprint density at radius 3 is 2.32 bits per heavy atom. The maximum atomic E-state index is 12.2. The molecule has 3 nitrogen and oxygen atoms in total. The van der Waals surface area contributed by atoms with Gasteiger partial charge in [0.1, 0.15) is 5.75 Å². The summed E-state index contributed by atoms with van der Waals surface area (Å²) >= 11 is 0. The van der Waals surface area contributed by atoms with Gasteiger partial charge >= 0.3 is 0 Å². The summed E-state index contributed by atoms with van der Waals surface area (Å²) in [6, 6.07) is 17.5. The Labute approximate surface area is 112 Å². The number of rotatable bonds is 3. The van der Waals surface area contributed by atoms with Crippen LogP contribution in [-0.4, -0.2) is 19.6 Å². The van der Waals surface area contributed by atoms with Gasteiger partial charge in [-0.2, -0.15) is 0 Å². The Kier molecular flexibility index (Phi) is 2.95. The van der Waals surface area contributed by atoms with E-state index in [2.05, 4.69) is 0 Å². The molecule has 0 saturated carbocycles.